The van der Waals surface area contributed by atoms with Crippen LogP contribution < -0.4 is 0 Å². The molecule has 0 radical (unpaired) electrons. The van der Waals surface area contributed by atoms with E-state index in [4.69, 9.17) is 1.37 Å². The molecule has 0 unspecified atom stereocenters. The Balaban J connectivity index is 2.08. The van der Waals surface area contributed by atoms with Gasteiger partial charge in [0.05, 0.1) is 0 Å². The molecule has 0 aromatic rings. The molecular formula is C20H32. The molecule has 0 aromatic carbocycles. The molecule has 0 aliphatic heterocycles. The molecule has 1 saturated carbocycles. The van der Waals surface area contributed by atoms with Gasteiger partial charge in [-0.05, 0) is 81.4 Å². The molecule has 0 spiro atoms. The van der Waals surface area contributed by atoms with E-state index in [1.807, 2.05) is 0 Å². The van der Waals surface area contributed by atoms with Crippen molar-refractivity contribution in [1.29, 1.82) is 0 Å². The Bertz CT molecular complexity index is 496. The first kappa shape index (κ1) is 13.2. The first-order chi connectivity index (χ1) is 9.77. The average Bonchev–Trinajstić information content (AvgIpc) is 2.36. The fourth-order valence-electron chi connectivity index (χ4n) is 5.30. The minimum Gasteiger partial charge on any atom is -0.0853 e. The van der Waals surface area contributed by atoms with Gasteiger partial charge in [-0.2, -0.15) is 0 Å². The molecule has 0 N–H and O–H groups in total. The van der Waals surface area contributed by atoms with Gasteiger partial charge in [0.25, 0.3) is 0 Å². The van der Waals surface area contributed by atoms with E-state index in [0.717, 1.165) is 0 Å². The van der Waals surface area contributed by atoms with Gasteiger partial charge in [-0.3, -0.25) is 0 Å². The summed E-state index contributed by atoms with van der Waals surface area (Å²) in [5.74, 6) is 1.01. The SMILES string of the molecule is [2H][C@@H]1[C@@H]2CCC(C)=C(CC[C@]3(C)CCC=C(C)[C@@H]13)C2(C)C. The highest BCUT2D eigenvalue weighted by atomic mass is 14.5. The lowest BCUT2D eigenvalue weighted by atomic mass is 9.53. The van der Waals surface area contributed by atoms with E-state index in [9.17, 15) is 0 Å². The highest BCUT2D eigenvalue weighted by Crippen LogP contribution is 2.57. The van der Waals surface area contributed by atoms with Crippen LogP contribution >= 0.6 is 0 Å². The summed E-state index contributed by atoms with van der Waals surface area (Å²) < 4.78 is 9.13. The summed E-state index contributed by atoms with van der Waals surface area (Å²) in [6.45, 7) is 12.0. The van der Waals surface area contributed by atoms with E-state index in [-0.39, 0.29) is 11.8 Å². The highest BCUT2D eigenvalue weighted by molar-refractivity contribution is 5.27. The van der Waals surface area contributed by atoms with Gasteiger partial charge in [0, 0.05) is 1.37 Å². The third kappa shape index (κ3) is 2.11. The molecule has 3 rings (SSSR count). The lowest BCUT2D eigenvalue weighted by Gasteiger charge is -2.52. The van der Waals surface area contributed by atoms with E-state index in [2.05, 4.69) is 40.7 Å². The van der Waals surface area contributed by atoms with Crippen LogP contribution in [-0.4, -0.2) is 0 Å². The maximum absolute atomic E-state index is 9.13. The minimum atomic E-state index is 0.0740. The van der Waals surface area contributed by atoms with Gasteiger partial charge in [-0.1, -0.05) is 43.6 Å². The lowest BCUT2D eigenvalue weighted by molar-refractivity contribution is 0.0802. The molecule has 0 aromatic heterocycles. The standard InChI is InChI=1S/C20H32/c1-14-7-6-11-20(5)12-10-17-15(2)8-9-16(13-18(14)20)19(17,3)4/h7,16,18H,6,8-13H2,1-5H3/t16-,18+,20-/m0/s1/i13D/t13-,16+,18-,20+/m1. The molecule has 0 amide bonds. The fourth-order valence-corrected chi connectivity index (χ4v) is 5.30. The van der Waals surface area contributed by atoms with Crippen molar-refractivity contribution in [3.05, 3.63) is 22.8 Å². The minimum absolute atomic E-state index is 0.0740. The average molecular weight is 273 g/mol. The first-order valence-corrected chi connectivity index (χ1v) is 8.55. The van der Waals surface area contributed by atoms with Crippen LogP contribution in [-0.2, 0) is 0 Å². The van der Waals surface area contributed by atoms with E-state index in [0.29, 0.717) is 17.3 Å². The van der Waals surface area contributed by atoms with Crippen LogP contribution in [0.3, 0.4) is 0 Å². The van der Waals surface area contributed by atoms with Gasteiger partial charge in [-0.15, -0.1) is 0 Å². The van der Waals surface area contributed by atoms with Crippen LogP contribution in [0.2, 0.25) is 0 Å². The third-order valence-electron chi connectivity index (χ3n) is 6.84. The summed E-state index contributed by atoms with van der Waals surface area (Å²) in [4.78, 5) is 0. The zero-order chi connectivity index (χ0) is 15.4. The van der Waals surface area contributed by atoms with Crippen molar-refractivity contribution in [2.45, 2.75) is 79.5 Å². The summed E-state index contributed by atoms with van der Waals surface area (Å²) in [6.07, 6.45) is 9.99. The van der Waals surface area contributed by atoms with Crippen LogP contribution in [0.1, 0.15) is 80.9 Å². The van der Waals surface area contributed by atoms with Crippen molar-refractivity contribution >= 4 is 0 Å². The van der Waals surface area contributed by atoms with Crippen LogP contribution in [0.4, 0.5) is 0 Å². The van der Waals surface area contributed by atoms with Gasteiger partial charge in [0.15, 0.2) is 0 Å². The zero-order valence-electron chi connectivity index (χ0n) is 15.1. The van der Waals surface area contributed by atoms with Crippen molar-refractivity contribution in [2.24, 2.45) is 22.7 Å². The Morgan fingerprint density at radius 1 is 1.15 bits per heavy atom. The zero-order valence-corrected chi connectivity index (χ0v) is 14.1. The quantitative estimate of drug-likeness (QED) is 0.455. The molecule has 3 aliphatic carbocycles. The van der Waals surface area contributed by atoms with Gasteiger partial charge in [0.1, 0.15) is 0 Å². The van der Waals surface area contributed by atoms with E-state index in [1.165, 1.54) is 44.1 Å². The molecule has 20 heavy (non-hydrogen) atoms. The van der Waals surface area contributed by atoms with Crippen LogP contribution in [0.5, 0.6) is 0 Å². The summed E-state index contributed by atoms with van der Waals surface area (Å²) in [6, 6.07) is 0. The Morgan fingerprint density at radius 2 is 1.90 bits per heavy atom. The van der Waals surface area contributed by atoms with Crippen molar-refractivity contribution in [3.8, 4) is 0 Å². The Hall–Kier alpha value is -0.520. The molecule has 0 nitrogen and oxygen atoms in total. The largest absolute Gasteiger partial charge is 0.0853 e. The predicted molar refractivity (Wildman–Crippen MR) is 87.6 cm³/mol. The van der Waals surface area contributed by atoms with Gasteiger partial charge >= 0.3 is 0 Å². The Kier molecular flexibility index (Phi) is 3.13. The van der Waals surface area contributed by atoms with Crippen molar-refractivity contribution < 1.29 is 1.37 Å². The normalized spacial score (nSPS) is 45.0. The molecule has 1 fully saturated rings. The second-order valence-electron chi connectivity index (χ2n) is 8.44. The van der Waals surface area contributed by atoms with Crippen molar-refractivity contribution in [2.75, 3.05) is 0 Å². The molecule has 0 heterocycles. The summed E-state index contributed by atoms with van der Waals surface area (Å²) in [5, 5.41) is 0. The molecule has 4 atom stereocenters. The van der Waals surface area contributed by atoms with Gasteiger partial charge in [0.2, 0.25) is 0 Å². The van der Waals surface area contributed by atoms with E-state index >= 15 is 0 Å². The molecular weight excluding hydrogens is 240 g/mol. The fraction of sp³-hybridized carbons (Fsp3) is 0.800. The maximum atomic E-state index is 9.13. The second kappa shape index (κ2) is 4.75. The van der Waals surface area contributed by atoms with E-state index in [1.54, 1.807) is 11.1 Å². The van der Waals surface area contributed by atoms with E-state index < -0.39 is 0 Å². The predicted octanol–water partition coefficient (Wildman–Crippen LogP) is 6.29. The highest BCUT2D eigenvalue weighted by Gasteiger charge is 2.46. The maximum Gasteiger partial charge on any atom is 0.0276 e. The summed E-state index contributed by atoms with van der Waals surface area (Å²) in [7, 11) is 0. The van der Waals surface area contributed by atoms with Crippen LogP contribution in [0.15, 0.2) is 22.8 Å². The lowest BCUT2D eigenvalue weighted by Crippen LogP contribution is -2.41. The number of hydrogen-bond acceptors (Lipinski definition) is 0. The Labute approximate surface area is 127 Å². The van der Waals surface area contributed by atoms with Crippen molar-refractivity contribution in [3.63, 3.8) is 0 Å². The molecule has 0 saturated heterocycles. The van der Waals surface area contributed by atoms with Crippen LogP contribution in [0.25, 0.3) is 0 Å². The molecule has 0 heteroatoms. The summed E-state index contributed by atoms with van der Waals surface area (Å²) in [5.41, 5.74) is 5.42. The second-order valence-corrected chi connectivity index (χ2v) is 8.44. The topological polar surface area (TPSA) is 0 Å². The summed E-state index contributed by atoms with van der Waals surface area (Å²) >= 11 is 0. The number of fused-ring (bicyclic) bond motifs is 3. The number of rotatable bonds is 0. The van der Waals surface area contributed by atoms with Crippen molar-refractivity contribution in [1.82, 2.24) is 0 Å². The van der Waals surface area contributed by atoms with Gasteiger partial charge < -0.3 is 0 Å². The third-order valence-corrected chi connectivity index (χ3v) is 6.84. The van der Waals surface area contributed by atoms with Crippen LogP contribution in [0, 0.1) is 22.7 Å². The number of allylic oxidation sites excluding steroid dienone is 4. The van der Waals surface area contributed by atoms with Gasteiger partial charge in [-0.25, -0.2) is 0 Å². The smallest absolute Gasteiger partial charge is 0.0276 e. The monoisotopic (exact) mass is 273 g/mol. The molecule has 2 bridgehead atoms. The molecule has 112 valence electrons. The molecule has 3 aliphatic rings. The first-order valence-electron chi connectivity index (χ1n) is 9.13. The Morgan fingerprint density at radius 3 is 2.65 bits per heavy atom. The number of hydrogen-bond donors (Lipinski definition) is 0.